The van der Waals surface area contributed by atoms with Crippen LogP contribution in [0.25, 0.3) is 43.8 Å². The topological polar surface area (TPSA) is 231 Å². The second-order valence-electron chi connectivity index (χ2n) is 23.8. The van der Waals surface area contributed by atoms with E-state index in [1.807, 2.05) is 76.2 Å². The molecule has 0 spiro atoms. The SMILES string of the molecule is CC(C)(CO)COc1ccc(C2(c3ccc(OCC(C)(C)CO)cc3)c3ccccc3-c3cc4ccccc4cc32)cc1.CC1COC(=O)O1.O=CO[O-].Oc1ccc(C2(c3ccc(O)cc3)c3ccccc3-c3cc4ccccc4cc32)cc1.[2H]CC(C)=O.[H-].[K+].[K+].[Na+].[OH-]. The fourth-order valence-corrected chi connectivity index (χ4v) is 11.6. The Morgan fingerprint density at radius 2 is 0.882 bits per heavy atom. The molecular weight excluding hydrogens is 1240 g/mol. The third kappa shape index (κ3) is 17.7. The van der Waals surface area contributed by atoms with E-state index in [1.165, 1.54) is 73.0 Å². The molecule has 14 nitrogen and oxygen atoms in total. The minimum atomic E-state index is -0.554. The molecule has 0 saturated carbocycles. The Bertz CT molecular complexity index is 4030. The van der Waals surface area contributed by atoms with E-state index >= 15 is 0 Å². The number of hydrogen-bond acceptors (Lipinski definition) is 14. The van der Waals surface area contributed by atoms with Crippen molar-refractivity contribution in [3.8, 4) is 45.3 Å². The standard InChI is InChI=1S/C39H40O4.C29H20O2.C4H6O3.C3H6O.CH2O3.2K.Na.H2O.H/c1-37(2,23-40)25-42-31-17-13-29(14-18-31)39(30-15-19-32(20-16-30)43-26-38(3,4)24-41)35-12-8-7-11-33(35)34-21-27-9-5-6-10-28(27)22-36(34)39;30-23-13-9-21(10-14-23)29(22-11-15-24(31)16-12-22)27-8-4-3-7-25(27)26-17-19-5-1-2-6-20(19)18-28(26)29;1-3-2-6-4(5)7-3;1-3(2)4;2-1-4-3;;;;;/h5-22,40-41H,23-26H2,1-4H3;1-18,30-31H;3H,2H2,1H3;1-2H3;1,3H;;;;1H2;/q;;;;;3*+1;;-1/p-2/i;;;1D;;;;;;. The van der Waals surface area contributed by atoms with Crippen molar-refractivity contribution in [3.05, 3.63) is 263 Å². The number of rotatable bonds is 13. The van der Waals surface area contributed by atoms with Crippen LogP contribution in [0.2, 0.25) is 0 Å². The number of carbonyl (C=O) groups is 3. The Kier molecular flexibility index (Phi) is 28.7. The van der Waals surface area contributed by atoms with Gasteiger partial charge in [-0.2, -0.15) is 0 Å². The van der Waals surface area contributed by atoms with E-state index < -0.39 is 17.0 Å². The molecule has 1 unspecified atom stereocenters. The number of benzene rings is 10. The molecule has 2 aliphatic carbocycles. The predicted molar refractivity (Wildman–Crippen MR) is 347 cm³/mol. The zero-order chi connectivity index (χ0) is 64.2. The quantitative estimate of drug-likeness (QED) is 0.0386. The number of Topliss-reactive ketones (excluding diaryl/α,β-unsaturated/α-hetero) is 1. The largest absolute Gasteiger partial charge is 1.00 e. The van der Waals surface area contributed by atoms with E-state index in [1.54, 1.807) is 31.2 Å². The number of ether oxygens (including phenoxy) is 4. The summed E-state index contributed by atoms with van der Waals surface area (Å²) in [5, 5.41) is 52.6. The number of aromatic hydroxyl groups is 2. The molecule has 466 valence electrons. The normalized spacial score (nSPS) is 13.8. The molecule has 1 heterocycles. The van der Waals surface area contributed by atoms with Crippen LogP contribution in [0.15, 0.2) is 218 Å². The summed E-state index contributed by atoms with van der Waals surface area (Å²) in [4.78, 5) is 30.9. The number of aliphatic hydroxyl groups excluding tert-OH is 2. The molecule has 0 amide bonds. The first kappa shape index (κ1) is 76.5. The zero-order valence-corrected chi connectivity index (χ0v) is 62.3. The summed E-state index contributed by atoms with van der Waals surface area (Å²) in [6, 6.07) is 75.4. The van der Waals surface area contributed by atoms with Crippen molar-refractivity contribution in [3.63, 3.8) is 0 Å². The van der Waals surface area contributed by atoms with Gasteiger partial charge in [0.25, 0.3) is 6.47 Å². The third-order valence-corrected chi connectivity index (χ3v) is 15.9. The Morgan fingerprint density at radius 1 is 0.570 bits per heavy atom. The maximum absolute atomic E-state index is 10.0. The van der Waals surface area contributed by atoms with Crippen LogP contribution >= 0.6 is 0 Å². The molecule has 3 aliphatic rings. The van der Waals surface area contributed by atoms with Gasteiger partial charge in [0.05, 0.1) is 37.3 Å². The first-order chi connectivity index (χ1) is 43.3. The van der Waals surface area contributed by atoms with Crippen LogP contribution in [0.4, 0.5) is 4.79 Å². The van der Waals surface area contributed by atoms with Crippen molar-refractivity contribution in [2.45, 2.75) is 65.4 Å². The molecule has 1 aliphatic heterocycles. The molecule has 10 aromatic rings. The maximum atomic E-state index is 10.0. The van der Waals surface area contributed by atoms with Gasteiger partial charge in [-0.1, -0.05) is 173 Å². The summed E-state index contributed by atoms with van der Waals surface area (Å²) in [5.74, 6) is 1.97. The number of fused-ring (bicyclic) bond motifs is 8. The molecule has 10 aromatic carbocycles. The monoisotopic (exact) mass is 1310 g/mol. The molecule has 5 N–H and O–H groups in total. The van der Waals surface area contributed by atoms with Gasteiger partial charge >= 0.3 is 138 Å². The number of aliphatic hydroxyl groups is 2. The van der Waals surface area contributed by atoms with E-state index in [4.69, 9.17) is 20.9 Å². The molecule has 1 saturated heterocycles. The van der Waals surface area contributed by atoms with Crippen LogP contribution in [0.1, 0.15) is 95.7 Å². The van der Waals surface area contributed by atoms with E-state index in [2.05, 4.69) is 160 Å². The minimum absolute atomic E-state index is 0. The van der Waals surface area contributed by atoms with Gasteiger partial charge in [0.2, 0.25) is 0 Å². The van der Waals surface area contributed by atoms with Crippen molar-refractivity contribution in [2.75, 3.05) is 33.0 Å². The Balaban J connectivity index is 0.000000322. The number of hydrogen-bond donors (Lipinski definition) is 4. The Morgan fingerprint density at radius 3 is 1.16 bits per heavy atom. The second-order valence-corrected chi connectivity index (χ2v) is 23.8. The van der Waals surface area contributed by atoms with Gasteiger partial charge in [-0.15, -0.1) is 0 Å². The van der Waals surface area contributed by atoms with Gasteiger partial charge in [-0.25, -0.2) is 4.79 Å². The van der Waals surface area contributed by atoms with Crippen LogP contribution in [0.5, 0.6) is 23.0 Å². The average molecular weight is 1310 g/mol. The van der Waals surface area contributed by atoms with Crippen molar-refractivity contribution >= 4 is 40.0 Å². The summed E-state index contributed by atoms with van der Waals surface area (Å²) in [6.45, 7) is 12.3. The first-order valence-electron chi connectivity index (χ1n) is 29.9. The molecule has 93 heavy (non-hydrogen) atoms. The van der Waals surface area contributed by atoms with Gasteiger partial charge < -0.3 is 61.2 Å². The maximum Gasteiger partial charge on any atom is 1.00 e. The van der Waals surface area contributed by atoms with Crippen LogP contribution in [0.3, 0.4) is 0 Å². The van der Waals surface area contributed by atoms with Crippen LogP contribution < -0.4 is 147 Å². The van der Waals surface area contributed by atoms with Gasteiger partial charge in [-0.3, -0.25) is 4.79 Å². The van der Waals surface area contributed by atoms with E-state index in [9.17, 15) is 30.0 Å². The van der Waals surface area contributed by atoms with Crippen LogP contribution in [-0.4, -0.2) is 83.5 Å². The third-order valence-electron chi connectivity index (χ3n) is 15.9. The first-order valence-corrected chi connectivity index (χ1v) is 29.2. The van der Waals surface area contributed by atoms with Crippen molar-refractivity contribution in [1.29, 1.82) is 0 Å². The summed E-state index contributed by atoms with van der Waals surface area (Å²) in [5.41, 5.74) is 12.5. The number of carbonyl (C=O) groups excluding carboxylic acids is 3. The molecule has 13 rings (SSSR count). The number of phenolic OH excluding ortho intramolecular Hbond substituents is 2. The number of phenols is 2. The Labute approximate surface area is 653 Å². The number of cyclic esters (lactones) is 2. The van der Waals surface area contributed by atoms with E-state index in [0.717, 1.165) is 33.8 Å². The zero-order valence-electron chi connectivity index (χ0n) is 56.1. The minimum Gasteiger partial charge on any atom is -1.00 e. The van der Waals surface area contributed by atoms with Crippen molar-refractivity contribution < 1.29 is 205 Å². The molecule has 17 heteroatoms. The predicted octanol–water partition coefficient (Wildman–Crippen LogP) is 5.13. The van der Waals surface area contributed by atoms with E-state index in [-0.39, 0.29) is 200 Å². The van der Waals surface area contributed by atoms with Gasteiger partial charge in [0.15, 0.2) is 0 Å². The van der Waals surface area contributed by atoms with Gasteiger partial charge in [0, 0.05) is 12.2 Å². The summed E-state index contributed by atoms with van der Waals surface area (Å²) < 4.78 is 27.4. The van der Waals surface area contributed by atoms with Gasteiger partial charge in [-0.05, 0) is 182 Å². The molecule has 0 radical (unpaired) electrons. The fraction of sp³-hybridized carbons (Fsp3) is 0.224. The van der Waals surface area contributed by atoms with Crippen LogP contribution in [0, 0.1) is 10.8 Å². The van der Waals surface area contributed by atoms with E-state index in [0.29, 0.717) is 19.8 Å². The average Bonchev–Trinajstić information content (AvgIpc) is 1.56. The molecule has 0 bridgehead atoms. The number of ketones is 1. The van der Waals surface area contributed by atoms with Gasteiger partial charge in [0.1, 0.15) is 41.5 Å². The summed E-state index contributed by atoms with van der Waals surface area (Å²) in [7, 11) is 0. The second kappa shape index (κ2) is 34.9. The van der Waals surface area contributed by atoms with Crippen molar-refractivity contribution in [2.24, 2.45) is 10.8 Å². The molecule has 0 aromatic heterocycles. The fourth-order valence-electron chi connectivity index (χ4n) is 11.6. The smallest absolute Gasteiger partial charge is 1.00 e. The Hall–Kier alpha value is -5.56. The van der Waals surface area contributed by atoms with Crippen molar-refractivity contribution in [1.82, 2.24) is 0 Å². The summed E-state index contributed by atoms with van der Waals surface area (Å²) >= 11 is 0. The van der Waals surface area contributed by atoms with Crippen LogP contribution in [-0.2, 0) is 34.8 Å². The summed E-state index contributed by atoms with van der Waals surface area (Å²) in [6.07, 6.45) is -0.597. The molecule has 1 fully saturated rings. The molecular formula is C76H75K2NaO14. The molecule has 1 atom stereocenters.